The van der Waals surface area contributed by atoms with Crippen LogP contribution in [0.2, 0.25) is 0 Å². The van der Waals surface area contributed by atoms with Gasteiger partial charge >= 0.3 is 5.97 Å². The molecule has 0 bridgehead atoms. The number of carbonyl (C=O) groups is 2. The van der Waals surface area contributed by atoms with Crippen LogP contribution in [0, 0.1) is 23.1 Å². The summed E-state index contributed by atoms with van der Waals surface area (Å²) in [6.45, 7) is 1.49. The van der Waals surface area contributed by atoms with Crippen LogP contribution in [-0.4, -0.2) is 22.0 Å². The van der Waals surface area contributed by atoms with E-state index in [4.69, 9.17) is 10.4 Å². The Morgan fingerprint density at radius 1 is 1.43 bits per heavy atom. The fourth-order valence-electron chi connectivity index (χ4n) is 1.84. The number of nitrogens with zero attached hydrogens (tertiary/aromatic N) is 2. The minimum atomic E-state index is -1.07. The molecule has 6 nitrogen and oxygen atoms in total. The number of halogens is 1. The van der Waals surface area contributed by atoms with Crippen molar-refractivity contribution in [3.8, 4) is 17.3 Å². The Kier molecular flexibility index (Phi) is 5.03. The number of benzene rings is 1. The molecule has 0 fully saturated rings. The molecule has 118 valence electrons. The number of aliphatic carboxylic acids is 1. The van der Waals surface area contributed by atoms with E-state index in [1.54, 1.807) is 0 Å². The zero-order chi connectivity index (χ0) is 17.0. The fraction of sp³-hybridized carbons (Fsp3) is 0.200. The Bertz CT molecular complexity index is 780. The zero-order valence-corrected chi connectivity index (χ0v) is 12.9. The lowest BCUT2D eigenvalue weighted by molar-refractivity contribution is -0.139. The maximum Gasteiger partial charge on any atom is 0.304 e. The van der Waals surface area contributed by atoms with Gasteiger partial charge in [0.1, 0.15) is 22.5 Å². The van der Waals surface area contributed by atoms with Crippen LogP contribution in [0.5, 0.6) is 0 Å². The number of nitriles is 1. The molecule has 1 aromatic carbocycles. The van der Waals surface area contributed by atoms with Crippen molar-refractivity contribution in [2.45, 2.75) is 13.3 Å². The number of carboxylic acid groups (broad SMARTS) is 1. The minimum Gasteiger partial charge on any atom is -0.481 e. The molecule has 0 aliphatic rings. The van der Waals surface area contributed by atoms with Crippen molar-refractivity contribution < 1.29 is 19.1 Å². The van der Waals surface area contributed by atoms with Crippen molar-refractivity contribution in [1.29, 1.82) is 5.26 Å². The summed E-state index contributed by atoms with van der Waals surface area (Å²) in [7, 11) is 0. The van der Waals surface area contributed by atoms with Gasteiger partial charge in [-0.2, -0.15) is 5.26 Å². The predicted molar refractivity (Wildman–Crippen MR) is 82.3 cm³/mol. The van der Waals surface area contributed by atoms with Crippen LogP contribution >= 0.6 is 11.3 Å². The quantitative estimate of drug-likeness (QED) is 0.875. The molecule has 2 N–H and O–H groups in total. The third-order valence-corrected chi connectivity index (χ3v) is 3.88. The highest BCUT2D eigenvalue weighted by Gasteiger charge is 2.20. The van der Waals surface area contributed by atoms with Crippen molar-refractivity contribution in [3.05, 3.63) is 35.0 Å². The first kappa shape index (κ1) is 16.6. The molecule has 1 atom stereocenters. The largest absolute Gasteiger partial charge is 0.481 e. The van der Waals surface area contributed by atoms with E-state index in [9.17, 15) is 14.0 Å². The van der Waals surface area contributed by atoms with Gasteiger partial charge in [0.2, 0.25) is 5.91 Å². The van der Waals surface area contributed by atoms with Crippen molar-refractivity contribution >= 4 is 28.3 Å². The van der Waals surface area contributed by atoms with E-state index in [1.807, 2.05) is 6.07 Å². The number of amides is 1. The van der Waals surface area contributed by atoms with Crippen LogP contribution in [0.3, 0.4) is 0 Å². The topological polar surface area (TPSA) is 103 Å². The first-order chi connectivity index (χ1) is 10.9. The van der Waals surface area contributed by atoms with Gasteiger partial charge in [-0.3, -0.25) is 9.59 Å². The molecule has 2 aromatic rings. The van der Waals surface area contributed by atoms with E-state index < -0.39 is 23.6 Å². The van der Waals surface area contributed by atoms with Crippen LogP contribution in [-0.2, 0) is 9.59 Å². The average molecular weight is 333 g/mol. The summed E-state index contributed by atoms with van der Waals surface area (Å²) in [5.41, 5.74) is 0.900. The van der Waals surface area contributed by atoms with Crippen LogP contribution in [0.1, 0.15) is 18.2 Å². The number of carbonyl (C=O) groups excluding carboxylic acids is 1. The predicted octanol–water partition coefficient (Wildman–Crippen LogP) is 2.87. The number of hydrogen-bond donors (Lipinski definition) is 2. The van der Waals surface area contributed by atoms with E-state index in [-0.39, 0.29) is 16.4 Å². The van der Waals surface area contributed by atoms with Crippen LogP contribution < -0.4 is 5.32 Å². The third kappa shape index (κ3) is 4.11. The number of rotatable bonds is 5. The summed E-state index contributed by atoms with van der Waals surface area (Å²) in [4.78, 5) is 27.0. The number of nitrogens with one attached hydrogen (secondary N) is 1. The molecule has 1 heterocycles. The smallest absolute Gasteiger partial charge is 0.304 e. The molecular weight excluding hydrogens is 321 g/mol. The lowest BCUT2D eigenvalue weighted by Crippen LogP contribution is -2.22. The second kappa shape index (κ2) is 6.98. The molecule has 0 saturated carbocycles. The molecule has 8 heteroatoms. The Morgan fingerprint density at radius 2 is 2.09 bits per heavy atom. The maximum atomic E-state index is 13.0. The minimum absolute atomic E-state index is 0.197. The highest BCUT2D eigenvalue weighted by atomic mass is 32.1. The lowest BCUT2D eigenvalue weighted by Gasteiger charge is -2.07. The molecule has 0 radical (unpaired) electrons. The van der Waals surface area contributed by atoms with Gasteiger partial charge in [0, 0.05) is 11.5 Å². The molecule has 0 aliphatic heterocycles. The van der Waals surface area contributed by atoms with E-state index >= 15 is 0 Å². The van der Waals surface area contributed by atoms with Crippen molar-refractivity contribution in [1.82, 2.24) is 4.98 Å². The summed E-state index contributed by atoms with van der Waals surface area (Å²) < 4.78 is 13.0. The van der Waals surface area contributed by atoms with Gasteiger partial charge in [-0.25, -0.2) is 9.37 Å². The second-order valence-corrected chi connectivity index (χ2v) is 5.80. The highest BCUT2D eigenvalue weighted by Crippen LogP contribution is 2.30. The zero-order valence-electron chi connectivity index (χ0n) is 12.0. The fourth-order valence-corrected chi connectivity index (χ4v) is 2.62. The number of aromatic nitrogens is 1. The molecule has 0 unspecified atom stereocenters. The van der Waals surface area contributed by atoms with Gasteiger partial charge < -0.3 is 10.4 Å². The highest BCUT2D eigenvalue weighted by molar-refractivity contribution is 7.16. The van der Waals surface area contributed by atoms with E-state index in [2.05, 4.69) is 10.3 Å². The van der Waals surface area contributed by atoms with Gasteiger partial charge in [-0.15, -0.1) is 0 Å². The van der Waals surface area contributed by atoms with Crippen molar-refractivity contribution in [3.63, 3.8) is 0 Å². The Balaban J connectivity index is 2.22. The molecule has 0 spiro atoms. The summed E-state index contributed by atoms with van der Waals surface area (Å²) >= 11 is 0.978. The maximum absolute atomic E-state index is 13.0. The van der Waals surface area contributed by atoms with Crippen LogP contribution in [0.25, 0.3) is 11.3 Å². The van der Waals surface area contributed by atoms with E-state index in [0.29, 0.717) is 11.3 Å². The molecule has 2 rings (SSSR count). The molecule has 0 aliphatic carbocycles. The molecule has 0 saturated heterocycles. The third-order valence-electron chi connectivity index (χ3n) is 3.00. The number of carboxylic acids is 1. The average Bonchev–Trinajstić information content (AvgIpc) is 2.90. The lowest BCUT2D eigenvalue weighted by atomic mass is 10.1. The van der Waals surface area contributed by atoms with Crippen LogP contribution in [0.15, 0.2) is 24.3 Å². The van der Waals surface area contributed by atoms with Gasteiger partial charge in [0.05, 0.1) is 6.42 Å². The summed E-state index contributed by atoms with van der Waals surface area (Å²) in [5, 5.41) is 20.6. The standard InChI is InChI=1S/C15H12FN3O3S/c1-8(6-12(20)21)14(22)19-15-18-13(11(7-17)23-15)9-2-4-10(16)5-3-9/h2-5,8H,6H2,1H3,(H,20,21)(H,18,19,22)/t8-/m1/s1. The van der Waals surface area contributed by atoms with E-state index in [1.165, 1.54) is 31.2 Å². The summed E-state index contributed by atoms with van der Waals surface area (Å²) in [5.74, 6) is -2.69. The summed E-state index contributed by atoms with van der Waals surface area (Å²) in [6.07, 6.45) is -0.298. The normalized spacial score (nSPS) is 11.5. The second-order valence-electron chi connectivity index (χ2n) is 4.80. The van der Waals surface area contributed by atoms with Crippen LogP contribution in [0.4, 0.5) is 9.52 Å². The van der Waals surface area contributed by atoms with Crippen molar-refractivity contribution in [2.75, 3.05) is 5.32 Å². The number of anilines is 1. The van der Waals surface area contributed by atoms with Crippen molar-refractivity contribution in [2.24, 2.45) is 5.92 Å². The van der Waals surface area contributed by atoms with Gasteiger partial charge in [0.15, 0.2) is 5.13 Å². The molecular formula is C15H12FN3O3S. The van der Waals surface area contributed by atoms with Gasteiger partial charge in [-0.1, -0.05) is 18.3 Å². The molecule has 23 heavy (non-hydrogen) atoms. The first-order valence-electron chi connectivity index (χ1n) is 6.60. The summed E-state index contributed by atoms with van der Waals surface area (Å²) in [6, 6.07) is 7.47. The molecule has 1 aromatic heterocycles. The first-order valence-corrected chi connectivity index (χ1v) is 7.42. The monoisotopic (exact) mass is 333 g/mol. The Labute approximate surface area is 135 Å². The van der Waals surface area contributed by atoms with Gasteiger partial charge in [-0.05, 0) is 24.3 Å². The Hall–Kier alpha value is -2.79. The van der Waals surface area contributed by atoms with E-state index in [0.717, 1.165) is 11.3 Å². The van der Waals surface area contributed by atoms with Gasteiger partial charge in [0.25, 0.3) is 0 Å². The Morgan fingerprint density at radius 3 is 2.65 bits per heavy atom. The SMILES string of the molecule is C[C@H](CC(=O)O)C(=O)Nc1nc(-c2ccc(F)cc2)c(C#N)s1. The molecule has 1 amide bonds. The number of hydrogen-bond acceptors (Lipinski definition) is 5. The number of thiazole rings is 1.